The van der Waals surface area contributed by atoms with E-state index < -0.39 is 10.8 Å². The third-order valence-corrected chi connectivity index (χ3v) is 9.22. The maximum atomic E-state index is 12.8. The Kier molecular flexibility index (Phi) is 5.36. The predicted molar refractivity (Wildman–Crippen MR) is 125 cm³/mol. The minimum absolute atomic E-state index is 0.0462. The summed E-state index contributed by atoms with van der Waals surface area (Å²) in [4.78, 5) is 10.8. The summed E-state index contributed by atoms with van der Waals surface area (Å²) in [5.74, 6) is 1.64. The van der Waals surface area contributed by atoms with Crippen LogP contribution in [0.25, 0.3) is 0 Å². The summed E-state index contributed by atoms with van der Waals surface area (Å²) in [5.41, 5.74) is 3.71. The van der Waals surface area contributed by atoms with Crippen LogP contribution in [0.1, 0.15) is 43.2 Å². The molecule has 6 rings (SSSR count). The van der Waals surface area contributed by atoms with E-state index in [1.807, 2.05) is 0 Å². The number of rotatable bonds is 2. The first-order chi connectivity index (χ1) is 15.6. The number of piperidine rings is 1. The number of amidine groups is 1. The van der Waals surface area contributed by atoms with E-state index >= 15 is 0 Å². The molecule has 2 fully saturated rings. The van der Waals surface area contributed by atoms with Gasteiger partial charge >= 0.3 is 0 Å². The number of nitrogens with zero attached hydrogens (tertiary/aromatic N) is 3. The Balaban J connectivity index is 1.24. The van der Waals surface area contributed by atoms with Crippen LogP contribution in [-0.4, -0.2) is 76.0 Å². The summed E-state index contributed by atoms with van der Waals surface area (Å²) in [5, 5.41) is 3.73. The minimum Gasteiger partial charge on any atom is -0.434 e. The van der Waals surface area contributed by atoms with Crippen molar-refractivity contribution < 1.29 is 13.7 Å². The van der Waals surface area contributed by atoms with Crippen molar-refractivity contribution in [1.82, 2.24) is 15.1 Å². The van der Waals surface area contributed by atoms with Crippen LogP contribution in [0.15, 0.2) is 39.9 Å². The summed E-state index contributed by atoms with van der Waals surface area (Å²) in [6.07, 6.45) is 4.86. The molecule has 8 heteroatoms. The van der Waals surface area contributed by atoms with E-state index in [9.17, 15) is 4.21 Å². The van der Waals surface area contributed by atoms with Gasteiger partial charge in [0, 0.05) is 50.8 Å². The van der Waals surface area contributed by atoms with E-state index in [1.165, 1.54) is 11.1 Å². The first-order valence-corrected chi connectivity index (χ1v) is 13.3. The molecule has 0 saturated carbocycles. The van der Waals surface area contributed by atoms with Crippen molar-refractivity contribution in [3.8, 4) is 0 Å². The minimum atomic E-state index is -0.964. The first kappa shape index (κ1) is 20.8. The Hall–Kier alpha value is -1.74. The topological polar surface area (TPSA) is 70.0 Å². The maximum Gasteiger partial charge on any atom is 0.158 e. The molecule has 1 spiro atoms. The van der Waals surface area contributed by atoms with Crippen molar-refractivity contribution in [2.75, 3.05) is 39.1 Å². The molecule has 2 N–H and O–H groups in total. The lowest BCUT2D eigenvalue weighted by molar-refractivity contribution is -0.0939. The number of allylic oxidation sites excluding steroid dienone is 1. The smallest absolute Gasteiger partial charge is 0.158 e. The van der Waals surface area contributed by atoms with Gasteiger partial charge in [0.15, 0.2) is 6.29 Å². The molecule has 0 bridgehead atoms. The SMILES string of the molecule is CN1C(=NC2CC[OH+]CC2)C2=C(CCS2=O)NC1N1CCC2(CC1)OCc1ccccc12. The molecule has 2 atom stereocenters. The third kappa shape index (κ3) is 3.43. The molecule has 7 nitrogen and oxygen atoms in total. The number of hydrogen-bond donors (Lipinski definition) is 1. The fourth-order valence-corrected chi connectivity index (χ4v) is 7.33. The van der Waals surface area contributed by atoms with Crippen LogP contribution >= 0.6 is 0 Å². The summed E-state index contributed by atoms with van der Waals surface area (Å²) in [6, 6.07) is 8.96. The summed E-state index contributed by atoms with van der Waals surface area (Å²) in [7, 11) is 1.14. The van der Waals surface area contributed by atoms with Crippen LogP contribution in [0.4, 0.5) is 0 Å². The highest BCUT2D eigenvalue weighted by atomic mass is 32.2. The lowest BCUT2D eigenvalue weighted by Gasteiger charge is -2.47. The Morgan fingerprint density at radius 3 is 2.81 bits per heavy atom. The van der Waals surface area contributed by atoms with Crippen molar-refractivity contribution >= 4 is 16.6 Å². The lowest BCUT2D eigenvalue weighted by Crippen LogP contribution is -2.62. The molecule has 1 aromatic carbocycles. The second-order valence-corrected chi connectivity index (χ2v) is 11.1. The summed E-state index contributed by atoms with van der Waals surface area (Å²) in [6.45, 7) is 4.41. The van der Waals surface area contributed by atoms with Crippen LogP contribution in [0.5, 0.6) is 0 Å². The van der Waals surface area contributed by atoms with Crippen LogP contribution < -0.4 is 5.32 Å². The molecule has 5 heterocycles. The molecule has 1 aromatic rings. The number of hydrogen-bond acceptors (Lipinski definition) is 5. The van der Waals surface area contributed by atoms with E-state index in [2.05, 4.69) is 51.2 Å². The zero-order chi connectivity index (χ0) is 21.7. The molecule has 2 saturated heterocycles. The highest BCUT2D eigenvalue weighted by Gasteiger charge is 2.46. The molecule has 2 unspecified atom stereocenters. The molecule has 5 aliphatic rings. The Labute approximate surface area is 192 Å². The monoisotopic (exact) mass is 457 g/mol. The Morgan fingerprint density at radius 2 is 2.00 bits per heavy atom. The average Bonchev–Trinajstić information content (AvgIpc) is 3.38. The Bertz CT molecular complexity index is 979. The zero-order valence-electron chi connectivity index (χ0n) is 18.8. The Morgan fingerprint density at radius 1 is 1.22 bits per heavy atom. The molecule has 0 radical (unpaired) electrons. The van der Waals surface area contributed by atoms with E-state index in [-0.39, 0.29) is 17.9 Å². The molecule has 32 heavy (non-hydrogen) atoms. The number of aliphatic hydroxyl groups is 2. The van der Waals surface area contributed by atoms with Gasteiger partial charge in [-0.2, -0.15) is 0 Å². The van der Waals surface area contributed by atoms with E-state index in [0.29, 0.717) is 5.75 Å². The second-order valence-electron chi connectivity index (χ2n) is 9.57. The fraction of sp³-hybridized carbons (Fsp3) is 0.625. The fourth-order valence-electron chi connectivity index (χ4n) is 5.90. The van der Waals surface area contributed by atoms with Gasteiger partial charge in [-0.3, -0.25) is 14.1 Å². The number of fused-ring (bicyclic) bond motifs is 2. The molecule has 172 valence electrons. The van der Waals surface area contributed by atoms with Crippen LogP contribution in [-0.2, 0) is 27.7 Å². The highest BCUT2D eigenvalue weighted by Crippen LogP contribution is 2.44. The molecule has 0 aliphatic carbocycles. The molecular weight excluding hydrogens is 424 g/mol. The quantitative estimate of drug-likeness (QED) is 0.686. The number of ether oxygens (including phenoxy) is 2. The van der Waals surface area contributed by atoms with Crippen LogP contribution in [0.3, 0.4) is 0 Å². The number of likely N-dealkylation sites (tertiary alicyclic amines) is 1. The first-order valence-electron chi connectivity index (χ1n) is 11.9. The van der Waals surface area contributed by atoms with Crippen molar-refractivity contribution in [1.29, 1.82) is 0 Å². The van der Waals surface area contributed by atoms with Gasteiger partial charge in [0.05, 0.1) is 29.0 Å². The van der Waals surface area contributed by atoms with Crippen molar-refractivity contribution in [3.05, 3.63) is 46.0 Å². The molecule has 5 aliphatic heterocycles. The van der Waals surface area contributed by atoms with Crippen molar-refractivity contribution in [3.63, 3.8) is 0 Å². The van der Waals surface area contributed by atoms with E-state index in [1.54, 1.807) is 0 Å². The number of benzene rings is 1. The second kappa shape index (κ2) is 8.24. The maximum absolute atomic E-state index is 12.8. The van der Waals surface area contributed by atoms with Gasteiger partial charge in [-0.1, -0.05) is 24.3 Å². The largest absolute Gasteiger partial charge is 0.434 e. The zero-order valence-corrected chi connectivity index (χ0v) is 19.6. The molecule has 0 amide bonds. The van der Waals surface area contributed by atoms with Crippen LogP contribution in [0.2, 0.25) is 0 Å². The van der Waals surface area contributed by atoms with E-state index in [0.717, 1.165) is 81.5 Å². The van der Waals surface area contributed by atoms with Gasteiger partial charge < -0.3 is 19.7 Å². The normalized spacial score (nSPS) is 31.8. The average molecular weight is 458 g/mol. The summed E-state index contributed by atoms with van der Waals surface area (Å²) >= 11 is 0. The van der Waals surface area contributed by atoms with Gasteiger partial charge in [0.2, 0.25) is 0 Å². The van der Waals surface area contributed by atoms with Gasteiger partial charge in [0.1, 0.15) is 24.0 Å². The third-order valence-electron chi connectivity index (χ3n) is 7.76. The standard InChI is InChI=1S/C24H32N4O3S/c1-27-22(25-18-6-13-30-14-7-18)21-20(8-15-32(21)29)26-23(27)28-11-9-24(10-12-28)19-5-3-2-4-17(19)16-31-24/h2-5,18,23,26H,6-16H2,1H3/p+1. The highest BCUT2D eigenvalue weighted by molar-refractivity contribution is 7.90. The van der Waals surface area contributed by atoms with Gasteiger partial charge in [-0.05, 0) is 24.0 Å². The molecular formula is C24H33N4O3S+. The number of likely N-dealkylation sites (N-methyl/N-ethyl adjacent to an activating group) is 1. The van der Waals surface area contributed by atoms with Gasteiger partial charge in [-0.25, -0.2) is 0 Å². The van der Waals surface area contributed by atoms with E-state index in [4.69, 9.17) is 9.73 Å². The number of nitrogens with one attached hydrogen (secondary N) is 1. The lowest BCUT2D eigenvalue weighted by atomic mass is 9.84. The predicted octanol–water partition coefficient (Wildman–Crippen LogP) is 1.78. The molecule has 0 aromatic heterocycles. The van der Waals surface area contributed by atoms with Crippen molar-refractivity contribution in [2.45, 2.75) is 56.6 Å². The summed E-state index contributed by atoms with van der Waals surface area (Å²) < 4.78 is 23.7. The van der Waals surface area contributed by atoms with Gasteiger partial charge in [-0.15, -0.1) is 0 Å². The number of aliphatic imine (C=N–C) groups is 1. The van der Waals surface area contributed by atoms with Crippen molar-refractivity contribution in [2.24, 2.45) is 4.99 Å². The van der Waals surface area contributed by atoms with Gasteiger partial charge in [0.25, 0.3) is 0 Å². The van der Waals surface area contributed by atoms with Crippen LogP contribution in [0, 0.1) is 0 Å².